The Labute approximate surface area is 164 Å². The van der Waals surface area contributed by atoms with Crippen LogP contribution in [0.2, 0.25) is 0 Å². The predicted octanol–water partition coefficient (Wildman–Crippen LogP) is 4.81. The van der Waals surface area contributed by atoms with Crippen LogP contribution in [0.1, 0.15) is 18.4 Å². The van der Waals surface area contributed by atoms with Crippen LogP contribution in [0.15, 0.2) is 53.0 Å². The monoisotopic (exact) mass is 430 g/mol. The smallest absolute Gasteiger partial charge is 0.233 e. The SMILES string of the molecule is O=C(Cc1ccc(Br)cc1)N(CC1CCCO1)c1nc2ccccc2s1. The van der Waals surface area contributed by atoms with E-state index in [9.17, 15) is 4.79 Å². The summed E-state index contributed by atoms with van der Waals surface area (Å²) < 4.78 is 7.88. The molecule has 4 rings (SSSR count). The van der Waals surface area contributed by atoms with Gasteiger partial charge in [-0.2, -0.15) is 0 Å². The van der Waals surface area contributed by atoms with Crippen molar-refractivity contribution < 1.29 is 9.53 Å². The molecule has 0 N–H and O–H groups in total. The summed E-state index contributed by atoms with van der Waals surface area (Å²) in [6.07, 6.45) is 2.50. The van der Waals surface area contributed by atoms with Gasteiger partial charge in [0.25, 0.3) is 0 Å². The molecule has 3 aromatic rings. The summed E-state index contributed by atoms with van der Waals surface area (Å²) in [6.45, 7) is 1.34. The highest BCUT2D eigenvalue weighted by atomic mass is 79.9. The van der Waals surface area contributed by atoms with Gasteiger partial charge in [0.1, 0.15) is 0 Å². The molecule has 0 radical (unpaired) electrons. The van der Waals surface area contributed by atoms with Gasteiger partial charge in [0.05, 0.1) is 29.3 Å². The standard InChI is InChI=1S/C20H19BrN2O2S/c21-15-9-7-14(8-10-15)12-19(24)23(13-16-4-3-11-25-16)20-22-17-5-1-2-6-18(17)26-20/h1-2,5-10,16H,3-4,11-13H2. The van der Waals surface area contributed by atoms with Crippen LogP contribution in [0.4, 0.5) is 5.13 Å². The van der Waals surface area contributed by atoms with E-state index in [0.29, 0.717) is 13.0 Å². The summed E-state index contributed by atoms with van der Waals surface area (Å²) in [4.78, 5) is 19.6. The van der Waals surface area contributed by atoms with Crippen molar-refractivity contribution >= 4 is 48.5 Å². The second-order valence-corrected chi connectivity index (χ2v) is 8.33. The quantitative estimate of drug-likeness (QED) is 0.582. The Bertz CT molecular complexity index is 871. The van der Waals surface area contributed by atoms with Gasteiger partial charge >= 0.3 is 0 Å². The summed E-state index contributed by atoms with van der Waals surface area (Å²) >= 11 is 5.00. The number of aromatic nitrogens is 1. The third kappa shape index (κ3) is 3.98. The van der Waals surface area contributed by atoms with Gasteiger partial charge in [-0.05, 0) is 42.7 Å². The molecular formula is C20H19BrN2O2S. The van der Waals surface area contributed by atoms with E-state index >= 15 is 0 Å². The van der Waals surface area contributed by atoms with Gasteiger partial charge in [0, 0.05) is 11.1 Å². The highest BCUT2D eigenvalue weighted by Crippen LogP contribution is 2.30. The Morgan fingerprint density at radius 3 is 2.77 bits per heavy atom. The minimum Gasteiger partial charge on any atom is -0.376 e. The lowest BCUT2D eigenvalue weighted by atomic mass is 10.1. The van der Waals surface area contributed by atoms with Crippen molar-refractivity contribution in [2.45, 2.75) is 25.4 Å². The summed E-state index contributed by atoms with van der Waals surface area (Å²) in [7, 11) is 0. The first-order chi connectivity index (χ1) is 12.7. The number of ether oxygens (including phenoxy) is 1. The number of fused-ring (bicyclic) bond motifs is 1. The second kappa shape index (κ2) is 7.86. The first-order valence-electron chi connectivity index (χ1n) is 8.71. The number of rotatable bonds is 5. The van der Waals surface area contributed by atoms with Crippen molar-refractivity contribution in [3.05, 3.63) is 58.6 Å². The van der Waals surface area contributed by atoms with E-state index in [4.69, 9.17) is 9.72 Å². The number of para-hydroxylation sites is 1. The van der Waals surface area contributed by atoms with Gasteiger partial charge in [0.15, 0.2) is 5.13 Å². The minimum absolute atomic E-state index is 0.0573. The lowest BCUT2D eigenvalue weighted by Crippen LogP contribution is -2.38. The molecule has 1 unspecified atom stereocenters. The molecular weight excluding hydrogens is 412 g/mol. The Morgan fingerprint density at radius 2 is 2.04 bits per heavy atom. The third-order valence-electron chi connectivity index (χ3n) is 4.49. The predicted molar refractivity (Wildman–Crippen MR) is 109 cm³/mol. The number of benzene rings is 2. The van der Waals surface area contributed by atoms with Crippen LogP contribution < -0.4 is 4.90 Å². The maximum Gasteiger partial charge on any atom is 0.233 e. The molecule has 1 saturated heterocycles. The number of nitrogens with zero attached hydrogens (tertiary/aromatic N) is 2. The number of carbonyl (C=O) groups excluding carboxylic acids is 1. The number of hydrogen-bond donors (Lipinski definition) is 0. The molecule has 0 bridgehead atoms. The molecule has 1 aromatic heterocycles. The zero-order valence-corrected chi connectivity index (χ0v) is 16.6. The molecule has 6 heteroatoms. The summed E-state index contributed by atoms with van der Waals surface area (Å²) in [6, 6.07) is 15.9. The number of thiazole rings is 1. The Balaban J connectivity index is 1.60. The van der Waals surface area contributed by atoms with Gasteiger partial charge in [-0.1, -0.05) is 51.5 Å². The molecule has 2 heterocycles. The van der Waals surface area contributed by atoms with Gasteiger partial charge in [-0.3, -0.25) is 9.69 Å². The molecule has 134 valence electrons. The van der Waals surface area contributed by atoms with Crippen molar-refractivity contribution in [3.63, 3.8) is 0 Å². The van der Waals surface area contributed by atoms with E-state index in [1.54, 1.807) is 11.3 Å². The van der Waals surface area contributed by atoms with Crippen LogP contribution in [-0.2, 0) is 16.0 Å². The van der Waals surface area contributed by atoms with E-state index in [2.05, 4.69) is 15.9 Å². The van der Waals surface area contributed by atoms with Crippen LogP contribution in [0.5, 0.6) is 0 Å². The zero-order chi connectivity index (χ0) is 17.9. The molecule has 1 aliphatic rings. The average molecular weight is 431 g/mol. The van der Waals surface area contributed by atoms with Crippen LogP contribution in [0.3, 0.4) is 0 Å². The Kier molecular flexibility index (Phi) is 5.33. The fourth-order valence-corrected chi connectivity index (χ4v) is 4.38. The van der Waals surface area contributed by atoms with E-state index in [1.807, 2.05) is 53.4 Å². The van der Waals surface area contributed by atoms with Gasteiger partial charge in [-0.25, -0.2) is 4.98 Å². The number of anilines is 1. The molecule has 4 nitrogen and oxygen atoms in total. The first-order valence-corrected chi connectivity index (χ1v) is 10.3. The molecule has 0 saturated carbocycles. The molecule has 0 aliphatic carbocycles. The van der Waals surface area contributed by atoms with Crippen LogP contribution in [0, 0.1) is 0 Å². The van der Waals surface area contributed by atoms with E-state index in [-0.39, 0.29) is 12.0 Å². The molecule has 2 aromatic carbocycles. The van der Waals surface area contributed by atoms with Gasteiger partial charge in [-0.15, -0.1) is 0 Å². The van der Waals surface area contributed by atoms with E-state index in [0.717, 1.165) is 44.8 Å². The molecule has 1 atom stereocenters. The molecule has 26 heavy (non-hydrogen) atoms. The zero-order valence-electron chi connectivity index (χ0n) is 14.2. The van der Waals surface area contributed by atoms with Gasteiger partial charge in [0.2, 0.25) is 5.91 Å². The van der Waals surface area contributed by atoms with Crippen molar-refractivity contribution in [1.82, 2.24) is 4.98 Å². The summed E-state index contributed by atoms with van der Waals surface area (Å²) in [5.74, 6) is 0.0573. The maximum absolute atomic E-state index is 13.1. The largest absolute Gasteiger partial charge is 0.376 e. The van der Waals surface area contributed by atoms with Crippen molar-refractivity contribution in [1.29, 1.82) is 0 Å². The lowest BCUT2D eigenvalue weighted by molar-refractivity contribution is -0.118. The number of hydrogen-bond acceptors (Lipinski definition) is 4. The highest BCUT2D eigenvalue weighted by Gasteiger charge is 2.26. The topological polar surface area (TPSA) is 42.4 Å². The van der Waals surface area contributed by atoms with Crippen molar-refractivity contribution in [3.8, 4) is 0 Å². The fourth-order valence-electron chi connectivity index (χ4n) is 3.13. The normalized spacial score (nSPS) is 16.9. The van der Waals surface area contributed by atoms with Crippen LogP contribution in [0.25, 0.3) is 10.2 Å². The molecule has 1 fully saturated rings. The molecule has 0 spiro atoms. The van der Waals surface area contributed by atoms with Crippen molar-refractivity contribution in [2.24, 2.45) is 0 Å². The fraction of sp³-hybridized carbons (Fsp3) is 0.300. The third-order valence-corrected chi connectivity index (χ3v) is 6.08. The van der Waals surface area contributed by atoms with Crippen LogP contribution >= 0.6 is 27.3 Å². The Morgan fingerprint density at radius 1 is 1.23 bits per heavy atom. The average Bonchev–Trinajstić information content (AvgIpc) is 3.30. The second-order valence-electron chi connectivity index (χ2n) is 6.41. The van der Waals surface area contributed by atoms with Gasteiger partial charge < -0.3 is 4.74 Å². The molecule has 1 amide bonds. The number of halogens is 1. The minimum atomic E-state index is 0.0573. The number of carbonyl (C=O) groups is 1. The Hall–Kier alpha value is -1.76. The number of amides is 1. The molecule has 1 aliphatic heterocycles. The van der Waals surface area contributed by atoms with E-state index < -0.39 is 0 Å². The lowest BCUT2D eigenvalue weighted by Gasteiger charge is -2.23. The summed E-state index contributed by atoms with van der Waals surface area (Å²) in [5.41, 5.74) is 1.93. The van der Waals surface area contributed by atoms with Crippen LogP contribution in [-0.4, -0.2) is 30.1 Å². The van der Waals surface area contributed by atoms with E-state index in [1.165, 1.54) is 0 Å². The maximum atomic E-state index is 13.1. The summed E-state index contributed by atoms with van der Waals surface area (Å²) in [5, 5.41) is 0.754. The highest BCUT2D eigenvalue weighted by molar-refractivity contribution is 9.10. The van der Waals surface area contributed by atoms with Crippen molar-refractivity contribution in [2.75, 3.05) is 18.1 Å². The first kappa shape index (κ1) is 17.6.